The maximum Gasteiger partial charge on any atom is 0.305 e. The quantitative estimate of drug-likeness (QED) is 0.0303. The van der Waals surface area contributed by atoms with Crippen LogP contribution in [0.2, 0.25) is 0 Å². The van der Waals surface area contributed by atoms with Crippen molar-refractivity contribution in [1.82, 2.24) is 0 Å². The normalized spacial score (nSPS) is 13.6. The van der Waals surface area contributed by atoms with Gasteiger partial charge in [0.2, 0.25) is 0 Å². The van der Waals surface area contributed by atoms with E-state index in [1.807, 2.05) is 12.2 Å². The first-order chi connectivity index (χ1) is 24.0. The van der Waals surface area contributed by atoms with Gasteiger partial charge in [-0.15, -0.1) is 0 Å². The molecule has 0 saturated heterocycles. The summed E-state index contributed by atoms with van der Waals surface area (Å²) in [5, 5.41) is 20.1. The van der Waals surface area contributed by atoms with Gasteiger partial charge in [0.05, 0.1) is 6.10 Å². The van der Waals surface area contributed by atoms with Gasteiger partial charge in [-0.2, -0.15) is 0 Å². The lowest BCUT2D eigenvalue weighted by Gasteiger charge is -2.12. The van der Waals surface area contributed by atoms with Crippen LogP contribution < -0.4 is 0 Å². The summed E-state index contributed by atoms with van der Waals surface area (Å²) < 4.78 is 10.2. The fourth-order valence-corrected chi connectivity index (χ4v) is 5.08. The summed E-state index contributed by atoms with van der Waals surface area (Å²) in [6, 6.07) is 0. The molecule has 0 aromatic rings. The average Bonchev–Trinajstić information content (AvgIpc) is 3.10. The molecule has 280 valence electrons. The monoisotopic (exact) mass is 685 g/mol. The summed E-state index contributed by atoms with van der Waals surface area (Å²) >= 11 is 0. The van der Waals surface area contributed by atoms with Crippen LogP contribution in [0.5, 0.6) is 0 Å². The Labute approximate surface area is 300 Å². The second kappa shape index (κ2) is 38.1. The minimum atomic E-state index is -1.06. The lowest BCUT2D eigenvalue weighted by molar-refractivity contribution is -0.152. The first kappa shape index (κ1) is 46.3. The van der Waals surface area contributed by atoms with Crippen LogP contribution in [0, 0.1) is 0 Å². The molecule has 49 heavy (non-hydrogen) atoms. The Balaban J connectivity index is 3.69. The lowest BCUT2D eigenvalue weighted by atomic mass is 10.0. The highest BCUT2D eigenvalue weighted by Gasteiger charge is 2.13. The third-order valence-corrected chi connectivity index (χ3v) is 8.07. The number of ether oxygens (including phenoxy) is 2. The summed E-state index contributed by atoms with van der Waals surface area (Å²) in [4.78, 5) is 23.9. The molecule has 6 nitrogen and oxygen atoms in total. The highest BCUT2D eigenvalue weighted by molar-refractivity contribution is 5.69. The molecule has 0 spiro atoms. The van der Waals surface area contributed by atoms with E-state index in [9.17, 15) is 19.8 Å². The average molecular weight is 685 g/mol. The highest BCUT2D eigenvalue weighted by atomic mass is 16.6. The molecule has 1 unspecified atom stereocenters. The third-order valence-electron chi connectivity index (χ3n) is 8.07. The van der Waals surface area contributed by atoms with Gasteiger partial charge in [-0.1, -0.05) is 177 Å². The summed E-state index contributed by atoms with van der Waals surface area (Å²) in [6.45, 7) is 3.97. The summed E-state index contributed by atoms with van der Waals surface area (Å²) in [7, 11) is 0. The number of unbranched alkanes of at least 4 members (excludes halogenated alkanes) is 14. The Hall–Kier alpha value is -2.70. The molecular formula is C43H72O6. The zero-order chi connectivity index (χ0) is 35.9. The largest absolute Gasteiger partial charge is 0.463 e. The Kier molecular flexibility index (Phi) is 36.0. The molecule has 2 N–H and O–H groups in total. The summed E-state index contributed by atoms with van der Waals surface area (Å²) in [5.74, 6) is -0.840. The van der Waals surface area contributed by atoms with Gasteiger partial charge in [0.25, 0.3) is 0 Å². The number of carbonyl (C=O) groups is 2. The molecule has 0 aliphatic rings. The van der Waals surface area contributed by atoms with Gasteiger partial charge >= 0.3 is 11.9 Å². The zero-order valence-electron chi connectivity index (χ0n) is 31.3. The van der Waals surface area contributed by atoms with Gasteiger partial charge in [0, 0.05) is 12.8 Å². The summed E-state index contributed by atoms with van der Waals surface area (Å²) in [6.07, 6.45) is 47.2. The molecular weight excluding hydrogens is 612 g/mol. The first-order valence-corrected chi connectivity index (χ1v) is 19.6. The van der Waals surface area contributed by atoms with E-state index in [2.05, 4.69) is 62.5 Å². The van der Waals surface area contributed by atoms with Gasteiger partial charge in [-0.25, -0.2) is 0 Å². The molecule has 6 heteroatoms. The van der Waals surface area contributed by atoms with Crippen LogP contribution in [-0.2, 0) is 19.1 Å². The maximum atomic E-state index is 12.0. The third kappa shape index (κ3) is 38.0. The number of hydrogen-bond acceptors (Lipinski definition) is 6. The number of hydrogen-bond donors (Lipinski definition) is 2. The Morgan fingerprint density at radius 1 is 0.510 bits per heavy atom. The van der Waals surface area contributed by atoms with Gasteiger partial charge < -0.3 is 19.7 Å². The number of aliphatic hydroxyl groups is 2. The number of esters is 2. The van der Waals surface area contributed by atoms with E-state index >= 15 is 0 Å². The predicted molar refractivity (Wildman–Crippen MR) is 206 cm³/mol. The fourth-order valence-electron chi connectivity index (χ4n) is 5.08. The number of carbonyl (C=O) groups excluding carboxylic acids is 2. The molecule has 0 aliphatic heterocycles. The lowest BCUT2D eigenvalue weighted by Crippen LogP contribution is -2.25. The van der Waals surface area contributed by atoms with Gasteiger partial charge in [0.1, 0.15) is 19.3 Å². The van der Waals surface area contributed by atoms with E-state index in [1.165, 1.54) is 77.0 Å². The van der Waals surface area contributed by atoms with E-state index in [0.717, 1.165) is 51.4 Å². The fraction of sp³-hybridized carbons (Fsp3) is 0.674. The van der Waals surface area contributed by atoms with E-state index in [0.29, 0.717) is 6.42 Å². The molecule has 0 heterocycles. The van der Waals surface area contributed by atoms with Crippen molar-refractivity contribution in [2.75, 3.05) is 13.2 Å². The molecule has 0 rings (SSSR count). The number of allylic oxidation sites excluding steroid dienone is 11. The molecule has 0 aromatic heterocycles. The minimum Gasteiger partial charge on any atom is -0.463 e. The molecule has 0 aliphatic carbocycles. The smallest absolute Gasteiger partial charge is 0.305 e. The molecule has 0 saturated carbocycles. The van der Waals surface area contributed by atoms with Crippen LogP contribution in [0.4, 0.5) is 0 Å². The second-order valence-electron chi connectivity index (χ2n) is 12.9. The minimum absolute atomic E-state index is 0.0306. The molecule has 0 radical (unpaired) electrons. The van der Waals surface area contributed by atoms with Crippen LogP contribution in [0.15, 0.2) is 72.9 Å². The van der Waals surface area contributed by atoms with Crippen molar-refractivity contribution in [2.45, 2.75) is 174 Å². The second-order valence-corrected chi connectivity index (χ2v) is 12.9. The standard InChI is InChI=1S/C43H72O6/c1-3-5-7-9-11-13-15-17-19-21-22-24-26-28-30-32-34-40(44)36-37-43(47)49-39-41(45)38-48-42(46)35-33-31-29-27-25-23-20-18-16-14-12-10-8-6-4-2/h5,7,11,13,17,19,22,24,28,30,32,34,40-41,44-45H,3-4,6,8-10,12,14-16,18,20-21,23,25-27,29,31,33,35-39H2,1-2H3/b7-5-,13-11-,19-17-,24-22-,30-28-,34-32-/t40?,41-/m1/s1. The molecule has 0 fully saturated rings. The van der Waals surface area contributed by atoms with Crippen molar-refractivity contribution in [3.8, 4) is 0 Å². The van der Waals surface area contributed by atoms with Gasteiger partial charge in [-0.3, -0.25) is 9.59 Å². The molecule has 0 bridgehead atoms. The van der Waals surface area contributed by atoms with Crippen LogP contribution in [0.3, 0.4) is 0 Å². The predicted octanol–water partition coefficient (Wildman–Crippen LogP) is 11.1. The number of rotatable bonds is 34. The molecule has 0 amide bonds. The topological polar surface area (TPSA) is 93.1 Å². The highest BCUT2D eigenvalue weighted by Crippen LogP contribution is 2.14. The van der Waals surface area contributed by atoms with Gasteiger partial charge in [-0.05, 0) is 44.9 Å². The van der Waals surface area contributed by atoms with Crippen LogP contribution in [0.1, 0.15) is 162 Å². The van der Waals surface area contributed by atoms with Crippen molar-refractivity contribution in [3.05, 3.63) is 72.9 Å². The number of aliphatic hydroxyl groups excluding tert-OH is 2. The van der Waals surface area contributed by atoms with Crippen molar-refractivity contribution < 1.29 is 29.3 Å². The maximum absolute atomic E-state index is 12.0. The first-order valence-electron chi connectivity index (χ1n) is 19.6. The van der Waals surface area contributed by atoms with Crippen molar-refractivity contribution >= 4 is 11.9 Å². The van der Waals surface area contributed by atoms with E-state index in [-0.39, 0.29) is 32.0 Å². The molecule has 0 aromatic carbocycles. The Morgan fingerprint density at radius 2 is 0.918 bits per heavy atom. The summed E-state index contributed by atoms with van der Waals surface area (Å²) in [5.41, 5.74) is 0. The van der Waals surface area contributed by atoms with Crippen LogP contribution in [-0.4, -0.2) is 47.6 Å². The zero-order valence-corrected chi connectivity index (χ0v) is 31.3. The Morgan fingerprint density at radius 3 is 1.39 bits per heavy atom. The van der Waals surface area contributed by atoms with Crippen molar-refractivity contribution in [2.24, 2.45) is 0 Å². The van der Waals surface area contributed by atoms with E-state index in [1.54, 1.807) is 12.2 Å². The van der Waals surface area contributed by atoms with E-state index < -0.39 is 18.2 Å². The van der Waals surface area contributed by atoms with Gasteiger partial charge in [0.15, 0.2) is 0 Å². The SMILES string of the molecule is CC/C=C\C/C=C\C/C=C\C/C=C\C/C=C\C=C/C(O)CCC(=O)OC[C@H](O)COC(=O)CCCCCCCCCCCCCCCCC. The van der Waals surface area contributed by atoms with Crippen LogP contribution in [0.25, 0.3) is 0 Å². The van der Waals surface area contributed by atoms with E-state index in [4.69, 9.17) is 9.47 Å². The van der Waals surface area contributed by atoms with Crippen LogP contribution >= 0.6 is 0 Å². The molecule has 2 atom stereocenters. The van der Waals surface area contributed by atoms with Crippen molar-refractivity contribution in [1.29, 1.82) is 0 Å². The Bertz CT molecular complexity index is 929. The van der Waals surface area contributed by atoms with Crippen molar-refractivity contribution in [3.63, 3.8) is 0 Å².